The van der Waals surface area contributed by atoms with Crippen LogP contribution in [-0.4, -0.2) is 43.2 Å². The molecule has 1 unspecified atom stereocenters. The monoisotopic (exact) mass is 348 g/mol. The van der Waals surface area contributed by atoms with E-state index in [-0.39, 0.29) is 24.4 Å². The third-order valence-corrected chi connectivity index (χ3v) is 3.49. The summed E-state index contributed by atoms with van der Waals surface area (Å²) >= 11 is 3.41. The lowest BCUT2D eigenvalue weighted by Crippen LogP contribution is -2.48. The molecule has 1 aliphatic rings. The fourth-order valence-corrected chi connectivity index (χ4v) is 2.47. The van der Waals surface area contributed by atoms with Crippen LogP contribution in [0.15, 0.2) is 28.7 Å². The minimum Gasteiger partial charge on any atom is -0.373 e. The van der Waals surface area contributed by atoms with Crippen LogP contribution in [0.1, 0.15) is 5.56 Å². The maximum absolute atomic E-state index is 12.2. The summed E-state index contributed by atoms with van der Waals surface area (Å²) in [4.78, 5) is 14.0. The molecule has 1 amide bonds. The van der Waals surface area contributed by atoms with Crippen LogP contribution in [0.3, 0.4) is 0 Å². The molecule has 1 aromatic carbocycles. The summed E-state index contributed by atoms with van der Waals surface area (Å²) < 4.78 is 6.45. The number of benzene rings is 1. The van der Waals surface area contributed by atoms with Crippen molar-refractivity contribution in [2.75, 3.05) is 26.2 Å². The lowest BCUT2D eigenvalue weighted by atomic mass is 10.1. The highest BCUT2D eigenvalue weighted by molar-refractivity contribution is 9.10. The summed E-state index contributed by atoms with van der Waals surface area (Å²) in [5, 5.41) is 0. The van der Waals surface area contributed by atoms with E-state index in [0.717, 1.165) is 10.0 Å². The smallest absolute Gasteiger partial charge is 0.227 e. The van der Waals surface area contributed by atoms with E-state index in [1.165, 1.54) is 0 Å². The van der Waals surface area contributed by atoms with Gasteiger partial charge in [0, 0.05) is 24.1 Å². The molecule has 1 heterocycles. The van der Waals surface area contributed by atoms with Crippen LogP contribution in [-0.2, 0) is 16.0 Å². The van der Waals surface area contributed by atoms with Gasteiger partial charge in [-0.3, -0.25) is 4.79 Å². The van der Waals surface area contributed by atoms with Gasteiger partial charge in [-0.25, -0.2) is 0 Å². The van der Waals surface area contributed by atoms with Crippen molar-refractivity contribution >= 4 is 34.2 Å². The molecular weight excluding hydrogens is 332 g/mol. The number of hydrogen-bond donors (Lipinski definition) is 1. The summed E-state index contributed by atoms with van der Waals surface area (Å²) in [5.41, 5.74) is 6.59. The molecule has 0 bridgehead atoms. The number of nitrogens with two attached hydrogens (primary N) is 1. The lowest BCUT2D eigenvalue weighted by Gasteiger charge is -2.32. The van der Waals surface area contributed by atoms with E-state index in [1.807, 2.05) is 29.2 Å². The van der Waals surface area contributed by atoms with Crippen LogP contribution in [0.2, 0.25) is 0 Å². The van der Waals surface area contributed by atoms with Crippen LogP contribution in [0, 0.1) is 0 Å². The molecule has 0 spiro atoms. The van der Waals surface area contributed by atoms with Crippen LogP contribution < -0.4 is 5.73 Å². The molecule has 1 fully saturated rings. The van der Waals surface area contributed by atoms with E-state index in [1.54, 1.807) is 0 Å². The Morgan fingerprint density at radius 3 is 3.00 bits per heavy atom. The van der Waals surface area contributed by atoms with Gasteiger partial charge in [-0.15, -0.1) is 12.4 Å². The van der Waals surface area contributed by atoms with Crippen LogP contribution in [0.5, 0.6) is 0 Å². The van der Waals surface area contributed by atoms with E-state index < -0.39 is 0 Å². The van der Waals surface area contributed by atoms with Crippen LogP contribution >= 0.6 is 28.3 Å². The predicted octanol–water partition coefficient (Wildman–Crippen LogP) is 1.60. The number of rotatable bonds is 3. The van der Waals surface area contributed by atoms with Crippen molar-refractivity contribution < 1.29 is 9.53 Å². The van der Waals surface area contributed by atoms with E-state index in [2.05, 4.69) is 15.9 Å². The van der Waals surface area contributed by atoms with Crippen molar-refractivity contribution in [2.45, 2.75) is 12.5 Å². The summed E-state index contributed by atoms with van der Waals surface area (Å²) in [5.74, 6) is 0.134. The van der Waals surface area contributed by atoms with Gasteiger partial charge in [0.15, 0.2) is 0 Å². The standard InChI is InChI=1S/C13H17BrN2O2.ClH/c14-11-3-1-2-10(6-11)7-13(17)16-4-5-18-12(8-15)9-16;/h1-3,6,12H,4-5,7-9,15H2;1H. The molecule has 0 aliphatic carbocycles. The van der Waals surface area contributed by atoms with Crippen molar-refractivity contribution in [1.29, 1.82) is 0 Å². The fourth-order valence-electron chi connectivity index (χ4n) is 2.02. The van der Waals surface area contributed by atoms with Gasteiger partial charge in [-0.1, -0.05) is 28.1 Å². The molecule has 2 N–H and O–H groups in total. The lowest BCUT2D eigenvalue weighted by molar-refractivity contribution is -0.137. The number of amides is 1. The van der Waals surface area contributed by atoms with Gasteiger partial charge in [0.05, 0.1) is 19.1 Å². The fraction of sp³-hybridized carbons (Fsp3) is 0.462. The first-order chi connectivity index (χ1) is 8.69. The van der Waals surface area contributed by atoms with Crippen molar-refractivity contribution in [2.24, 2.45) is 5.73 Å². The molecule has 4 nitrogen and oxygen atoms in total. The van der Waals surface area contributed by atoms with Crippen LogP contribution in [0.25, 0.3) is 0 Å². The molecule has 0 aromatic heterocycles. The van der Waals surface area contributed by atoms with E-state index in [9.17, 15) is 4.79 Å². The number of carbonyl (C=O) groups is 1. The average molecular weight is 350 g/mol. The second kappa shape index (κ2) is 7.85. The third-order valence-electron chi connectivity index (χ3n) is 3.00. The maximum atomic E-state index is 12.2. The quantitative estimate of drug-likeness (QED) is 0.902. The molecule has 1 aliphatic heterocycles. The SMILES string of the molecule is Cl.NCC1CN(C(=O)Cc2cccc(Br)c2)CCO1. The minimum absolute atomic E-state index is 0. The van der Waals surface area contributed by atoms with Crippen LogP contribution in [0.4, 0.5) is 0 Å². The van der Waals surface area contributed by atoms with Gasteiger partial charge in [0.1, 0.15) is 0 Å². The Morgan fingerprint density at radius 2 is 2.32 bits per heavy atom. The highest BCUT2D eigenvalue weighted by atomic mass is 79.9. The maximum Gasteiger partial charge on any atom is 0.227 e. The molecule has 106 valence electrons. The first kappa shape index (κ1) is 16.4. The van der Waals surface area contributed by atoms with Gasteiger partial charge < -0.3 is 15.4 Å². The second-order valence-corrected chi connectivity index (χ2v) is 5.29. The van der Waals surface area contributed by atoms with Gasteiger partial charge in [0.2, 0.25) is 5.91 Å². The zero-order valence-electron chi connectivity index (χ0n) is 10.5. The summed E-state index contributed by atoms with van der Waals surface area (Å²) in [7, 11) is 0. The normalized spacial score (nSPS) is 18.8. The molecule has 0 saturated carbocycles. The molecule has 0 radical (unpaired) electrons. The topological polar surface area (TPSA) is 55.6 Å². The van der Waals surface area contributed by atoms with E-state index in [0.29, 0.717) is 32.7 Å². The van der Waals surface area contributed by atoms with Gasteiger partial charge in [-0.2, -0.15) is 0 Å². The largest absolute Gasteiger partial charge is 0.373 e. The van der Waals surface area contributed by atoms with Crippen molar-refractivity contribution in [1.82, 2.24) is 4.90 Å². The molecule has 6 heteroatoms. The van der Waals surface area contributed by atoms with Gasteiger partial charge in [0.25, 0.3) is 0 Å². The molecule has 1 atom stereocenters. The molecule has 2 rings (SSSR count). The molecule has 1 saturated heterocycles. The third kappa shape index (κ3) is 4.76. The van der Waals surface area contributed by atoms with Crippen molar-refractivity contribution in [3.8, 4) is 0 Å². The number of hydrogen-bond acceptors (Lipinski definition) is 3. The Labute approximate surface area is 127 Å². The van der Waals surface area contributed by atoms with E-state index in [4.69, 9.17) is 10.5 Å². The minimum atomic E-state index is -0.0230. The van der Waals surface area contributed by atoms with Crippen molar-refractivity contribution in [3.05, 3.63) is 34.3 Å². The summed E-state index contributed by atoms with van der Waals surface area (Å²) in [6, 6.07) is 7.82. The Morgan fingerprint density at radius 1 is 1.53 bits per heavy atom. The highest BCUT2D eigenvalue weighted by Gasteiger charge is 2.23. The zero-order valence-corrected chi connectivity index (χ0v) is 13.0. The summed E-state index contributed by atoms with van der Waals surface area (Å²) in [6.45, 7) is 2.29. The Kier molecular flexibility index (Phi) is 6.79. The second-order valence-electron chi connectivity index (χ2n) is 4.37. The Balaban J connectivity index is 0.00000180. The first-order valence-electron chi connectivity index (χ1n) is 6.03. The Hall–Kier alpha value is -0.620. The first-order valence-corrected chi connectivity index (χ1v) is 6.82. The molecular formula is C13H18BrClN2O2. The molecule has 19 heavy (non-hydrogen) atoms. The number of ether oxygens (including phenoxy) is 1. The van der Waals surface area contributed by atoms with E-state index >= 15 is 0 Å². The summed E-state index contributed by atoms with van der Waals surface area (Å²) in [6.07, 6.45) is 0.404. The Bertz CT molecular complexity index is 431. The molecule has 1 aromatic rings. The number of morpholine rings is 1. The number of carbonyl (C=O) groups excluding carboxylic acids is 1. The number of nitrogens with zero attached hydrogens (tertiary/aromatic N) is 1. The number of halogens is 2. The van der Waals surface area contributed by atoms with Gasteiger partial charge >= 0.3 is 0 Å². The highest BCUT2D eigenvalue weighted by Crippen LogP contribution is 2.13. The van der Waals surface area contributed by atoms with Crippen molar-refractivity contribution in [3.63, 3.8) is 0 Å². The average Bonchev–Trinajstić information content (AvgIpc) is 2.39. The zero-order chi connectivity index (χ0) is 13.0. The van der Waals surface area contributed by atoms with Gasteiger partial charge in [-0.05, 0) is 17.7 Å². The predicted molar refractivity (Wildman–Crippen MR) is 80.5 cm³/mol.